The molecule has 32 nitrogen and oxygen atoms in total. The number of rotatable bonds is 19. The third-order valence-corrected chi connectivity index (χ3v) is 9.58. The minimum absolute atomic E-state index is 0.00731. The Morgan fingerprint density at radius 3 is 1.56 bits per heavy atom. The van der Waals surface area contributed by atoms with Crippen LogP contribution in [0.1, 0.15) is 75.4 Å². The largest absolute Gasteiger partial charge is 0.508 e. The molecule has 0 bridgehead atoms. The number of aromatic hydroxyl groups is 1. The Morgan fingerprint density at radius 1 is 0.759 bits per heavy atom. The van der Waals surface area contributed by atoms with Crippen molar-refractivity contribution in [2.75, 3.05) is 39.9 Å². The number of hydrogen-bond acceptors (Lipinski definition) is 21. The molecule has 2 aromatic carbocycles. The average molecular weight is 1140 g/mol. The number of carboxylic acid groups (broad SMARTS) is 7. The molecule has 1 aromatic heterocycles. The molecule has 0 radical (unpaired) electrons. The number of phenolic OH excluding ortho intramolecular Hbond substituents is 1. The fourth-order valence-corrected chi connectivity index (χ4v) is 4.74. The van der Waals surface area contributed by atoms with Gasteiger partial charge in [-0.05, 0) is 55.5 Å². The van der Waals surface area contributed by atoms with Crippen LogP contribution in [0.5, 0.6) is 5.75 Å². The second-order valence-electron chi connectivity index (χ2n) is 16.4. The van der Waals surface area contributed by atoms with E-state index in [1.165, 1.54) is 12.6 Å². The smallest absolute Gasteiger partial charge is 0.325 e. The van der Waals surface area contributed by atoms with E-state index in [0.29, 0.717) is 12.3 Å². The number of aromatic amines is 2. The van der Waals surface area contributed by atoms with Gasteiger partial charge in [0.25, 0.3) is 5.56 Å². The lowest BCUT2D eigenvalue weighted by atomic mass is 10.0. The normalized spacial score (nSPS) is 15.6. The Labute approximate surface area is 451 Å². The Morgan fingerprint density at radius 2 is 1.27 bits per heavy atom. The summed E-state index contributed by atoms with van der Waals surface area (Å²) in [7, 11) is 1.44. The van der Waals surface area contributed by atoms with Crippen LogP contribution in [-0.2, 0) is 44.7 Å². The van der Waals surface area contributed by atoms with E-state index < -0.39 is 102 Å². The highest BCUT2D eigenvalue weighted by molar-refractivity contribution is 5.92. The van der Waals surface area contributed by atoms with Crippen LogP contribution >= 0.6 is 0 Å². The van der Waals surface area contributed by atoms with E-state index in [4.69, 9.17) is 89.9 Å². The number of hydrogen-bond donors (Lipinski definition) is 21. The van der Waals surface area contributed by atoms with Crippen LogP contribution in [0.4, 0.5) is 0 Å². The van der Waals surface area contributed by atoms with Crippen molar-refractivity contribution in [3.05, 3.63) is 98.3 Å². The standard InChI is InChI=1S/C9H12N2O6.2C8H11NO.C6H13NO2.C4H9N3O2.C4H9NO3.2C4H6O4/c12-2-4-5(13)6(14)7(17-4)3-1-10-9(16)11-8(3)15;9-6-5-7-1-3-8(10)4-2-7;9-6-8(10)7-4-2-1-3-5-7;1-4(2)5(7)3-6(8)9;1-7(4(5)6)2-3(8)9;5-3(1-2-6)4(7)8;1-2(3(5)6)4(7)8;5-3(6)1-2-4(7)8/h1,4-7,12-14H,2H2,(H2,10,11,15,16);1-4,10H,5-6,9H2;1-5,8,10H,6,9H2;4-5H,3,7H2,1-2H3,(H,8,9);2H2,1H3,(H3,5,6)(H,8,9);3,6H,1-2,5H2,(H,7,8);2H,1H3,(H,5,6)(H,7,8);1-2H2,(H,5,6)(H,7,8)/t4-,5-,6-,7+;;;;;;;/m1......./s1. The van der Waals surface area contributed by atoms with Crippen molar-refractivity contribution >= 4 is 47.7 Å². The summed E-state index contributed by atoms with van der Waals surface area (Å²) in [5.74, 6) is -8.63. The van der Waals surface area contributed by atoms with Gasteiger partial charge in [-0.1, -0.05) is 56.3 Å². The zero-order valence-corrected chi connectivity index (χ0v) is 43.8. The number of nitrogens with zero attached hydrogens (tertiary/aromatic N) is 1. The molecule has 0 amide bonds. The van der Waals surface area contributed by atoms with Gasteiger partial charge in [-0.25, -0.2) is 4.79 Å². The summed E-state index contributed by atoms with van der Waals surface area (Å²) in [6, 6.07) is 15.4. The van der Waals surface area contributed by atoms with Gasteiger partial charge in [0.15, 0.2) is 11.9 Å². The summed E-state index contributed by atoms with van der Waals surface area (Å²) in [6.45, 7) is 5.00. The van der Waals surface area contributed by atoms with Gasteiger partial charge >= 0.3 is 47.5 Å². The molecule has 26 N–H and O–H groups in total. The van der Waals surface area contributed by atoms with Crippen LogP contribution in [0, 0.1) is 17.2 Å². The van der Waals surface area contributed by atoms with Crippen molar-refractivity contribution in [1.82, 2.24) is 14.9 Å². The number of phenols is 1. The maximum Gasteiger partial charge on any atom is 0.325 e. The molecule has 0 saturated carbocycles. The molecule has 2 heterocycles. The number of ether oxygens (including phenoxy) is 1. The van der Waals surface area contributed by atoms with E-state index in [1.54, 1.807) is 12.1 Å². The van der Waals surface area contributed by atoms with Crippen LogP contribution in [0.15, 0.2) is 70.4 Å². The van der Waals surface area contributed by atoms with Crippen LogP contribution in [0.2, 0.25) is 0 Å². The van der Waals surface area contributed by atoms with E-state index >= 15 is 0 Å². The van der Waals surface area contributed by atoms with Gasteiger partial charge in [-0.15, -0.1) is 0 Å². The van der Waals surface area contributed by atoms with E-state index in [2.05, 4.69) is 4.98 Å². The highest BCUT2D eigenvalue weighted by atomic mass is 16.6. The summed E-state index contributed by atoms with van der Waals surface area (Å²) in [6.07, 6.45) is -3.58. The molecule has 1 aliphatic rings. The number of nitrogens with one attached hydrogen (secondary N) is 3. The molecule has 1 aliphatic heterocycles. The third-order valence-electron chi connectivity index (χ3n) is 9.58. The van der Waals surface area contributed by atoms with Gasteiger partial charge < -0.3 is 110 Å². The average Bonchev–Trinajstić information content (AvgIpc) is 3.66. The number of aromatic nitrogens is 2. The summed E-state index contributed by atoms with van der Waals surface area (Å²) < 4.78 is 5.15. The molecule has 3 unspecified atom stereocenters. The number of nitrogens with two attached hydrogens (primary N) is 5. The van der Waals surface area contributed by atoms with E-state index in [-0.39, 0.29) is 68.9 Å². The maximum absolute atomic E-state index is 11.5. The molecule has 3 aromatic rings. The second-order valence-corrected chi connectivity index (χ2v) is 16.4. The molecule has 32 heteroatoms. The first-order chi connectivity index (χ1) is 36.6. The van der Waals surface area contributed by atoms with Crippen molar-refractivity contribution in [2.45, 2.75) is 95.5 Å². The quantitative estimate of drug-likeness (QED) is 0.0317. The molecule has 0 aliphatic carbocycles. The predicted molar refractivity (Wildman–Crippen MR) is 279 cm³/mol. The maximum atomic E-state index is 11.5. The summed E-state index contributed by atoms with van der Waals surface area (Å²) in [5.41, 5.74) is 26.6. The highest BCUT2D eigenvalue weighted by Gasteiger charge is 2.44. The number of H-pyrrole nitrogens is 2. The van der Waals surface area contributed by atoms with E-state index in [0.717, 1.165) is 30.0 Å². The zero-order chi connectivity index (χ0) is 62.1. The Hall–Kier alpha value is -7.92. The molecule has 7 atom stereocenters. The molecular formula is C47H77N9O23. The van der Waals surface area contributed by atoms with Crippen molar-refractivity contribution in [1.29, 1.82) is 5.41 Å². The lowest BCUT2D eigenvalue weighted by molar-refractivity contribution is -0.153. The number of aliphatic hydroxyl groups excluding tert-OH is 5. The SMILES string of the molecule is CC(C(=O)O)C(=O)O.CC(C)C(N)CC(=O)O.CN(CC(=O)O)C(=N)N.NC(CCO)C(=O)O.NCC(O)c1ccccc1.NCCc1ccc(O)cc1.O=C(O)CCC(=O)O.O=c1[nH]cc([C@@H]2O[C@H](CO)[C@@H](O)[C@H]2O)c(=O)[nH]1. The Balaban J connectivity index is -0.000000414. The second kappa shape index (κ2) is 44.1. The number of carboxylic acids is 7. The molecule has 1 saturated heterocycles. The topological polar surface area (TPSA) is 615 Å². The molecule has 448 valence electrons. The predicted octanol–water partition coefficient (Wildman–Crippen LogP) is -3.36. The minimum atomic E-state index is -1.33. The van der Waals surface area contributed by atoms with Crippen LogP contribution < -0.4 is 39.9 Å². The molecule has 1 fully saturated rings. The number of benzene rings is 2. The number of carbonyl (C=O) groups is 7. The molecule has 79 heavy (non-hydrogen) atoms. The van der Waals surface area contributed by atoms with Gasteiger partial charge in [0, 0.05) is 32.4 Å². The number of aliphatic carboxylic acids is 7. The molecule has 4 rings (SSSR count). The number of guanidine groups is 1. The van der Waals surface area contributed by atoms with Crippen LogP contribution in [0.3, 0.4) is 0 Å². The fraction of sp³-hybridized carbons (Fsp3) is 0.489. The summed E-state index contributed by atoms with van der Waals surface area (Å²) in [4.78, 5) is 96.2. The van der Waals surface area contributed by atoms with Crippen molar-refractivity contribution < 1.29 is 105 Å². The molecule has 0 spiro atoms. The van der Waals surface area contributed by atoms with E-state index in [1.807, 2.05) is 61.3 Å². The summed E-state index contributed by atoms with van der Waals surface area (Å²) in [5, 5.41) is 117. The van der Waals surface area contributed by atoms with Crippen molar-refractivity contribution in [2.24, 2.45) is 40.5 Å². The first kappa shape index (κ1) is 77.6. The van der Waals surface area contributed by atoms with Crippen LogP contribution in [0.25, 0.3) is 0 Å². The van der Waals surface area contributed by atoms with Gasteiger partial charge in [-0.2, -0.15) is 0 Å². The fourth-order valence-electron chi connectivity index (χ4n) is 4.74. The minimum Gasteiger partial charge on any atom is -0.508 e. The lowest BCUT2D eigenvalue weighted by Gasteiger charge is -2.13. The number of aliphatic hydroxyl groups is 5. The number of likely N-dealkylation sites (N-methyl/N-ethyl adjacent to an activating group) is 1. The summed E-state index contributed by atoms with van der Waals surface area (Å²) >= 11 is 0. The Bertz CT molecular complexity index is 2330. The monoisotopic (exact) mass is 1140 g/mol. The van der Waals surface area contributed by atoms with Crippen molar-refractivity contribution in [3.8, 4) is 5.75 Å². The van der Waals surface area contributed by atoms with Gasteiger partial charge in [0.05, 0.1) is 37.5 Å². The lowest BCUT2D eigenvalue weighted by Crippen LogP contribution is -2.36. The van der Waals surface area contributed by atoms with Gasteiger partial charge in [-0.3, -0.25) is 48.7 Å². The highest BCUT2D eigenvalue weighted by Crippen LogP contribution is 2.31. The zero-order valence-electron chi connectivity index (χ0n) is 43.8. The Kier molecular flexibility index (Phi) is 43.3. The third kappa shape index (κ3) is 40.0. The van der Waals surface area contributed by atoms with Gasteiger partial charge in [0.1, 0.15) is 42.8 Å². The first-order valence-electron chi connectivity index (χ1n) is 23.2. The first-order valence-corrected chi connectivity index (χ1v) is 23.2. The molecular weight excluding hydrogens is 1060 g/mol. The van der Waals surface area contributed by atoms with Crippen LogP contribution in [-0.4, -0.2) is 199 Å². The van der Waals surface area contributed by atoms with Gasteiger partial charge in [0.2, 0.25) is 0 Å². The van der Waals surface area contributed by atoms with Crippen molar-refractivity contribution in [3.63, 3.8) is 0 Å². The van der Waals surface area contributed by atoms with E-state index in [9.17, 15) is 58.5 Å².